The molecule has 2 rings (SSSR count). The summed E-state index contributed by atoms with van der Waals surface area (Å²) in [5.41, 5.74) is 5.72. The van der Waals surface area contributed by atoms with Crippen LogP contribution in [0.3, 0.4) is 0 Å². The molecule has 1 aliphatic rings. The minimum atomic E-state index is 1.12. The van der Waals surface area contributed by atoms with Crippen LogP contribution in [0, 0.1) is 13.8 Å². The summed E-state index contributed by atoms with van der Waals surface area (Å²) in [6.07, 6.45) is 2.22. The monoisotopic (exact) mass is 258 g/mol. The minimum Gasteiger partial charge on any atom is -0.369 e. The summed E-state index contributed by atoms with van der Waals surface area (Å²) in [5, 5.41) is 0. The molecule has 1 aliphatic heterocycles. The van der Waals surface area contributed by atoms with Crippen LogP contribution < -0.4 is 4.90 Å². The molecule has 0 saturated carbocycles. The maximum absolute atomic E-state index is 2.55. The number of allylic oxidation sites excluding steroid dienone is 1. The van der Waals surface area contributed by atoms with Crippen LogP contribution in [0.25, 0.3) is 0 Å². The first-order chi connectivity index (χ1) is 9.11. The van der Waals surface area contributed by atoms with Gasteiger partial charge in [-0.2, -0.15) is 0 Å². The molecular weight excluding hydrogens is 232 g/mol. The molecule has 19 heavy (non-hydrogen) atoms. The van der Waals surface area contributed by atoms with Crippen LogP contribution in [0.4, 0.5) is 5.69 Å². The largest absolute Gasteiger partial charge is 0.369 e. The molecule has 0 N–H and O–H groups in total. The number of benzene rings is 1. The summed E-state index contributed by atoms with van der Waals surface area (Å²) < 4.78 is 0. The summed E-state index contributed by atoms with van der Waals surface area (Å²) >= 11 is 0. The van der Waals surface area contributed by atoms with Crippen molar-refractivity contribution < 1.29 is 0 Å². The van der Waals surface area contributed by atoms with E-state index in [9.17, 15) is 0 Å². The minimum absolute atomic E-state index is 1.12. The Balaban J connectivity index is 1.98. The third kappa shape index (κ3) is 3.38. The fourth-order valence-electron chi connectivity index (χ4n) is 2.67. The Morgan fingerprint density at radius 3 is 2.47 bits per heavy atom. The summed E-state index contributed by atoms with van der Waals surface area (Å²) in [6.45, 7) is 14.5. The molecule has 0 bridgehead atoms. The molecule has 2 nitrogen and oxygen atoms in total. The van der Waals surface area contributed by atoms with Gasteiger partial charge >= 0.3 is 0 Å². The summed E-state index contributed by atoms with van der Waals surface area (Å²) in [4.78, 5) is 5.08. The zero-order chi connectivity index (χ0) is 13.8. The van der Waals surface area contributed by atoms with E-state index in [4.69, 9.17) is 0 Å². The second-order valence-corrected chi connectivity index (χ2v) is 5.62. The van der Waals surface area contributed by atoms with Gasteiger partial charge in [-0.25, -0.2) is 0 Å². The maximum Gasteiger partial charge on any atom is 0.0399 e. The number of hydrogen-bond donors (Lipinski definition) is 0. The predicted molar refractivity (Wildman–Crippen MR) is 84.0 cm³/mol. The molecule has 1 fully saturated rings. The van der Waals surface area contributed by atoms with Crippen LogP contribution in [-0.2, 0) is 0 Å². The highest BCUT2D eigenvalue weighted by atomic mass is 15.3. The van der Waals surface area contributed by atoms with Crippen LogP contribution in [0.1, 0.15) is 25.0 Å². The molecule has 0 aliphatic carbocycles. The summed E-state index contributed by atoms with van der Waals surface area (Å²) in [5.74, 6) is 0. The van der Waals surface area contributed by atoms with Crippen molar-refractivity contribution in [2.24, 2.45) is 0 Å². The van der Waals surface area contributed by atoms with Gasteiger partial charge in [0.25, 0.3) is 0 Å². The van der Waals surface area contributed by atoms with Crippen LogP contribution in [0.15, 0.2) is 29.8 Å². The van der Waals surface area contributed by atoms with E-state index in [0.717, 1.165) is 19.6 Å². The van der Waals surface area contributed by atoms with Crippen molar-refractivity contribution in [2.75, 3.05) is 37.6 Å². The Bertz CT molecular complexity index is 454. The van der Waals surface area contributed by atoms with E-state index in [2.05, 4.69) is 61.8 Å². The Labute approximate surface area is 117 Å². The molecule has 2 heteroatoms. The Hall–Kier alpha value is -1.28. The Kier molecular flexibility index (Phi) is 4.65. The number of anilines is 1. The number of hydrogen-bond acceptors (Lipinski definition) is 2. The lowest BCUT2D eigenvalue weighted by molar-refractivity contribution is 0.278. The van der Waals surface area contributed by atoms with Crippen LogP contribution in [0.5, 0.6) is 0 Å². The van der Waals surface area contributed by atoms with E-state index in [1.807, 2.05) is 0 Å². The van der Waals surface area contributed by atoms with Gasteiger partial charge < -0.3 is 4.90 Å². The van der Waals surface area contributed by atoms with Gasteiger partial charge in [0, 0.05) is 38.4 Å². The first-order valence-corrected chi connectivity index (χ1v) is 7.27. The lowest BCUT2D eigenvalue weighted by Crippen LogP contribution is -2.47. The molecule has 0 radical (unpaired) electrons. The van der Waals surface area contributed by atoms with Crippen molar-refractivity contribution in [3.05, 3.63) is 41.0 Å². The first kappa shape index (κ1) is 14.1. The topological polar surface area (TPSA) is 6.48 Å². The fraction of sp³-hybridized carbons (Fsp3) is 0.529. The quantitative estimate of drug-likeness (QED) is 0.767. The molecule has 0 spiro atoms. The molecule has 0 atom stereocenters. The van der Waals surface area contributed by atoms with Gasteiger partial charge in [-0.1, -0.05) is 23.8 Å². The second-order valence-electron chi connectivity index (χ2n) is 5.62. The van der Waals surface area contributed by atoms with Crippen molar-refractivity contribution in [3.63, 3.8) is 0 Å². The zero-order valence-electron chi connectivity index (χ0n) is 12.7. The lowest BCUT2D eigenvalue weighted by Gasteiger charge is -2.37. The third-order valence-corrected chi connectivity index (χ3v) is 4.25. The molecule has 104 valence electrons. The molecule has 0 amide bonds. The van der Waals surface area contributed by atoms with Gasteiger partial charge in [-0.05, 0) is 44.9 Å². The third-order valence-electron chi connectivity index (χ3n) is 4.25. The molecule has 0 unspecified atom stereocenters. The molecule has 1 aromatic carbocycles. The predicted octanol–water partition coefficient (Wildman–Crippen LogP) is 3.39. The highest BCUT2D eigenvalue weighted by Gasteiger charge is 2.18. The van der Waals surface area contributed by atoms with Crippen molar-refractivity contribution >= 4 is 5.69 Å². The van der Waals surface area contributed by atoms with E-state index in [0.29, 0.717) is 0 Å². The average Bonchev–Trinajstić information content (AvgIpc) is 2.43. The van der Waals surface area contributed by atoms with Crippen molar-refractivity contribution in [3.8, 4) is 0 Å². The fourth-order valence-corrected chi connectivity index (χ4v) is 2.67. The van der Waals surface area contributed by atoms with Crippen molar-refractivity contribution in [1.82, 2.24) is 4.90 Å². The van der Waals surface area contributed by atoms with Gasteiger partial charge in [-0.15, -0.1) is 0 Å². The van der Waals surface area contributed by atoms with E-state index >= 15 is 0 Å². The Morgan fingerprint density at radius 2 is 1.84 bits per heavy atom. The number of piperazine rings is 1. The number of nitrogens with zero attached hydrogens (tertiary/aromatic N) is 2. The van der Waals surface area contributed by atoms with Crippen molar-refractivity contribution in [1.29, 1.82) is 0 Å². The number of rotatable bonds is 3. The summed E-state index contributed by atoms with van der Waals surface area (Å²) in [7, 11) is 0. The van der Waals surface area contributed by atoms with Crippen LogP contribution in [0.2, 0.25) is 0 Å². The van der Waals surface area contributed by atoms with Gasteiger partial charge in [-0.3, -0.25) is 4.90 Å². The number of aryl methyl sites for hydroxylation is 1. The molecule has 1 heterocycles. The second kappa shape index (κ2) is 6.25. The van der Waals surface area contributed by atoms with E-state index in [1.54, 1.807) is 0 Å². The molecular formula is C17H26N2. The van der Waals surface area contributed by atoms with Crippen LogP contribution >= 0.6 is 0 Å². The van der Waals surface area contributed by atoms with Gasteiger partial charge in [0.1, 0.15) is 0 Å². The van der Waals surface area contributed by atoms with Gasteiger partial charge in [0.15, 0.2) is 0 Å². The first-order valence-electron chi connectivity index (χ1n) is 7.27. The van der Waals surface area contributed by atoms with Crippen LogP contribution in [-0.4, -0.2) is 37.6 Å². The smallest absolute Gasteiger partial charge is 0.0399 e. The standard InChI is InChI=1S/C17H26N2/c1-5-14(2)13-18-9-11-19(12-10-18)17-8-6-7-15(3)16(17)4/h5-8H,9-13H2,1-4H3/b14-5-. The molecule has 0 aromatic heterocycles. The van der Waals surface area contributed by atoms with E-state index in [1.165, 1.54) is 35.5 Å². The van der Waals surface area contributed by atoms with E-state index in [-0.39, 0.29) is 0 Å². The Morgan fingerprint density at radius 1 is 1.16 bits per heavy atom. The lowest BCUT2D eigenvalue weighted by atomic mass is 10.1. The highest BCUT2D eigenvalue weighted by molar-refractivity contribution is 5.56. The highest BCUT2D eigenvalue weighted by Crippen LogP contribution is 2.23. The summed E-state index contributed by atoms with van der Waals surface area (Å²) in [6, 6.07) is 6.63. The SMILES string of the molecule is C/C=C(/C)CN1CCN(c2cccc(C)c2C)CC1. The zero-order valence-corrected chi connectivity index (χ0v) is 12.7. The average molecular weight is 258 g/mol. The maximum atomic E-state index is 2.55. The van der Waals surface area contributed by atoms with Crippen molar-refractivity contribution in [2.45, 2.75) is 27.7 Å². The molecule has 1 saturated heterocycles. The van der Waals surface area contributed by atoms with E-state index < -0.39 is 0 Å². The molecule has 1 aromatic rings. The van der Waals surface area contributed by atoms with Gasteiger partial charge in [0.05, 0.1) is 0 Å². The van der Waals surface area contributed by atoms with Gasteiger partial charge in [0.2, 0.25) is 0 Å². The normalized spacial score (nSPS) is 17.9.